The third-order valence-corrected chi connectivity index (χ3v) is 1.06. The fourth-order valence-electron chi connectivity index (χ4n) is 0.158. The Morgan fingerprint density at radius 1 is 1.86 bits per heavy atom. The Balaban J connectivity index is 3.29. The molecule has 0 aliphatic heterocycles. The van der Waals surface area contributed by atoms with Crippen molar-refractivity contribution in [1.29, 1.82) is 0 Å². The van der Waals surface area contributed by atoms with Gasteiger partial charge in [-0.25, -0.2) is 0 Å². The van der Waals surface area contributed by atoms with Crippen molar-refractivity contribution < 1.29 is 4.74 Å². The standard InChI is InChI=1S/C3H6NO.Al.H2N/c1-3(4)5-2;;/h1-2H3;;1H2/q-1;+2;-1. The third kappa shape index (κ3) is 3.80. The monoisotopic (exact) mass is 115 g/mol. The predicted octanol–water partition coefficient (Wildman–Crippen LogP) is -0.456. The highest BCUT2D eigenvalue weighted by atomic mass is 27.1. The Morgan fingerprint density at radius 3 is 2.57 bits per heavy atom. The highest BCUT2D eigenvalue weighted by Gasteiger charge is 1.81. The summed E-state index contributed by atoms with van der Waals surface area (Å²) in [7, 11) is 1.58. The lowest BCUT2D eigenvalue weighted by Crippen LogP contribution is -2.05. The average molecular weight is 115 g/mol. The fraction of sp³-hybridized carbons (Fsp3) is 0.667. The molecule has 0 aliphatic carbocycles. The van der Waals surface area contributed by atoms with Gasteiger partial charge in [0, 0.05) is 6.92 Å². The Morgan fingerprint density at radius 2 is 2.43 bits per heavy atom. The molecule has 0 aromatic heterocycles. The molecule has 0 unspecified atom stereocenters. The van der Waals surface area contributed by atoms with Crippen molar-refractivity contribution in [1.82, 2.24) is 0 Å². The maximum atomic E-state index is 5.12. The molecule has 0 rings (SSSR count). The van der Waals surface area contributed by atoms with Gasteiger partial charge < -0.3 is 13.4 Å². The number of nitrogens with two attached hydrogens (primary N) is 1. The summed E-state index contributed by atoms with van der Waals surface area (Å²) in [5.41, 5.74) is 0. The summed E-state index contributed by atoms with van der Waals surface area (Å²) in [5, 5.41) is 0. The van der Waals surface area contributed by atoms with Crippen molar-refractivity contribution in [2.45, 2.75) is 6.92 Å². The Kier molecular flexibility index (Phi) is 4.11. The number of rotatable bonds is 1. The second-order valence-electron chi connectivity index (χ2n) is 1.00. The lowest BCUT2D eigenvalue weighted by molar-refractivity contribution is 0.401. The number of hydrogen-bond donors (Lipinski definition) is 1. The molecular formula is C3H8AlN2O. The summed E-state index contributed by atoms with van der Waals surface area (Å²) >= 11 is -0.287. The van der Waals surface area contributed by atoms with Crippen LogP contribution in [-0.2, 0) is 4.74 Å². The van der Waals surface area contributed by atoms with E-state index in [0.29, 0.717) is 5.90 Å². The van der Waals surface area contributed by atoms with Crippen LogP contribution in [0.5, 0.6) is 0 Å². The molecule has 0 aromatic rings. The van der Waals surface area contributed by atoms with Gasteiger partial charge in [0.1, 0.15) is 0 Å². The van der Waals surface area contributed by atoms with Crippen LogP contribution in [0.3, 0.4) is 0 Å². The average Bonchev–Trinajstić information content (AvgIpc) is 1.68. The van der Waals surface area contributed by atoms with Gasteiger partial charge >= 0.3 is 15.7 Å². The van der Waals surface area contributed by atoms with E-state index < -0.39 is 0 Å². The van der Waals surface area contributed by atoms with Crippen LogP contribution in [0.25, 0.3) is 0 Å². The normalized spacial score (nSPS) is 11.0. The van der Waals surface area contributed by atoms with Crippen LogP contribution < -0.4 is 4.72 Å². The van der Waals surface area contributed by atoms with Crippen molar-refractivity contribution in [3.63, 3.8) is 0 Å². The van der Waals surface area contributed by atoms with Crippen molar-refractivity contribution in [3.8, 4) is 0 Å². The summed E-state index contributed by atoms with van der Waals surface area (Å²) in [6.45, 7) is 1.78. The first-order valence-electron chi connectivity index (χ1n) is 1.93. The van der Waals surface area contributed by atoms with E-state index in [9.17, 15) is 0 Å². The minimum Gasteiger partial charge on any atom is -0.487 e. The zero-order valence-corrected chi connectivity index (χ0v) is 5.66. The second kappa shape index (κ2) is 4.13. The predicted molar refractivity (Wildman–Crippen MR) is 30.1 cm³/mol. The molecule has 0 saturated heterocycles. The maximum absolute atomic E-state index is 5.12. The van der Waals surface area contributed by atoms with E-state index in [1.165, 1.54) is 0 Å². The van der Waals surface area contributed by atoms with Crippen LogP contribution in [0.1, 0.15) is 6.92 Å². The summed E-state index contributed by atoms with van der Waals surface area (Å²) in [6, 6.07) is 0. The van der Waals surface area contributed by atoms with Gasteiger partial charge in [0.15, 0.2) is 5.90 Å². The van der Waals surface area contributed by atoms with E-state index in [4.69, 9.17) is 4.72 Å². The Hall–Kier alpha value is -0.0375. The summed E-state index contributed by atoms with van der Waals surface area (Å²) in [4.78, 5) is 0. The van der Waals surface area contributed by atoms with Crippen LogP contribution in [-0.4, -0.2) is 28.7 Å². The second-order valence-corrected chi connectivity index (χ2v) is 1.56. The number of hydrogen-bond acceptors (Lipinski definition) is 3. The smallest absolute Gasteiger partial charge is 0.487 e. The van der Waals surface area contributed by atoms with Crippen LogP contribution in [0.4, 0.5) is 0 Å². The van der Waals surface area contributed by atoms with E-state index in [1.54, 1.807) is 14.0 Å². The third-order valence-electron chi connectivity index (χ3n) is 0.552. The first-order valence-corrected chi connectivity index (χ1v) is 3.11. The van der Waals surface area contributed by atoms with Gasteiger partial charge in [0.05, 0.1) is 7.11 Å². The molecule has 1 radical (unpaired) electrons. The summed E-state index contributed by atoms with van der Waals surface area (Å²) < 4.78 is 13.6. The van der Waals surface area contributed by atoms with Crippen molar-refractivity contribution in [3.05, 3.63) is 0 Å². The molecule has 0 amide bonds. The zero-order valence-electron chi connectivity index (χ0n) is 4.51. The molecule has 4 heteroatoms. The molecule has 39 valence electrons. The van der Waals surface area contributed by atoms with Gasteiger partial charge in [-0.2, -0.15) is 0 Å². The lowest BCUT2D eigenvalue weighted by Gasteiger charge is -1.92. The molecule has 0 aromatic carbocycles. The van der Waals surface area contributed by atoms with E-state index in [1.807, 2.05) is 0 Å². The molecular weight excluding hydrogens is 107 g/mol. The molecule has 0 fully saturated rings. The lowest BCUT2D eigenvalue weighted by atomic mass is 10.8. The number of ether oxygens (including phenoxy) is 1. The molecule has 0 aliphatic rings. The Bertz CT molecular complexity index is 73.3. The SMILES string of the molecule is COC(C)=[N][Al][NH2]. The van der Waals surface area contributed by atoms with Gasteiger partial charge in [-0.05, 0) is 0 Å². The molecule has 0 saturated carbocycles. The van der Waals surface area contributed by atoms with Crippen LogP contribution in [0.2, 0.25) is 0 Å². The largest absolute Gasteiger partial charge is 0.522 e. The van der Waals surface area contributed by atoms with Crippen molar-refractivity contribution in [2.75, 3.05) is 7.11 Å². The fourth-order valence-corrected chi connectivity index (χ4v) is 0.473. The first-order chi connectivity index (χ1) is 3.31. The summed E-state index contributed by atoms with van der Waals surface area (Å²) in [6.07, 6.45) is 0. The van der Waals surface area contributed by atoms with Crippen molar-refractivity contribution >= 4 is 21.6 Å². The van der Waals surface area contributed by atoms with Gasteiger partial charge in [-0.1, -0.05) is 0 Å². The molecule has 0 atom stereocenters. The van der Waals surface area contributed by atoms with Crippen LogP contribution in [0, 0.1) is 0 Å². The number of methoxy groups -OCH3 is 1. The van der Waals surface area contributed by atoms with Gasteiger partial charge in [0.2, 0.25) is 0 Å². The molecule has 0 bridgehead atoms. The van der Waals surface area contributed by atoms with E-state index in [2.05, 4.69) is 8.71 Å². The van der Waals surface area contributed by atoms with E-state index >= 15 is 0 Å². The van der Waals surface area contributed by atoms with Crippen LogP contribution in [0.15, 0.2) is 3.98 Å². The molecule has 2 N–H and O–H groups in total. The quantitative estimate of drug-likeness (QED) is 0.285. The highest BCUT2D eigenvalue weighted by molar-refractivity contribution is 6.31. The van der Waals surface area contributed by atoms with Crippen LogP contribution >= 0.6 is 0 Å². The van der Waals surface area contributed by atoms with Gasteiger partial charge in [-0.3, -0.25) is 0 Å². The Labute approximate surface area is 49.7 Å². The topological polar surface area (TPSA) is 47.6 Å². The minimum absolute atomic E-state index is 0.287. The van der Waals surface area contributed by atoms with Gasteiger partial charge in [-0.15, -0.1) is 0 Å². The molecule has 0 spiro atoms. The van der Waals surface area contributed by atoms with E-state index in [-0.39, 0.29) is 15.7 Å². The highest BCUT2D eigenvalue weighted by Crippen LogP contribution is 1.70. The van der Waals surface area contributed by atoms with Gasteiger partial charge in [0.25, 0.3) is 0 Å². The molecule has 0 heterocycles. The zero-order chi connectivity index (χ0) is 5.70. The minimum atomic E-state index is -0.287. The summed E-state index contributed by atoms with van der Waals surface area (Å²) in [5.74, 6) is 0.664. The maximum Gasteiger partial charge on any atom is 0.522 e. The molecule has 7 heavy (non-hydrogen) atoms. The van der Waals surface area contributed by atoms with Crippen molar-refractivity contribution in [2.24, 2.45) is 8.69 Å². The molecule has 3 nitrogen and oxygen atoms in total. The first kappa shape index (κ1) is 6.96. The van der Waals surface area contributed by atoms with E-state index in [0.717, 1.165) is 0 Å². The number of nitrogens with zero attached hydrogens (tertiary/aromatic N) is 1.